The summed E-state index contributed by atoms with van der Waals surface area (Å²) in [5, 5.41) is 9.86. The third-order valence-corrected chi connectivity index (χ3v) is 6.63. The monoisotopic (exact) mass is 500 g/mol. The number of hydrogen-bond donors (Lipinski definition) is 4. The zero-order valence-electron chi connectivity index (χ0n) is 21.1. The van der Waals surface area contributed by atoms with E-state index < -0.39 is 6.04 Å². The molecule has 7 heteroatoms. The molecule has 3 atom stereocenters. The van der Waals surface area contributed by atoms with Gasteiger partial charge in [-0.15, -0.1) is 0 Å². The van der Waals surface area contributed by atoms with Crippen LogP contribution in [-0.4, -0.2) is 49.7 Å². The van der Waals surface area contributed by atoms with E-state index in [-0.39, 0.29) is 24.0 Å². The molecule has 0 aliphatic carbocycles. The molecule has 1 aliphatic rings. The molecule has 7 nitrogen and oxygen atoms in total. The minimum absolute atomic E-state index is 0.0146. The van der Waals surface area contributed by atoms with Gasteiger partial charge in [-0.3, -0.25) is 9.59 Å². The van der Waals surface area contributed by atoms with E-state index in [1.807, 2.05) is 78.9 Å². The van der Waals surface area contributed by atoms with Crippen LogP contribution in [0.5, 0.6) is 0 Å². The first-order chi connectivity index (χ1) is 18.1. The number of hydrogen-bond acceptors (Lipinski definition) is 5. The van der Waals surface area contributed by atoms with Gasteiger partial charge in [-0.2, -0.15) is 0 Å². The van der Waals surface area contributed by atoms with E-state index in [0.717, 1.165) is 41.8 Å². The second-order valence-electron chi connectivity index (χ2n) is 9.51. The van der Waals surface area contributed by atoms with Crippen molar-refractivity contribution in [3.05, 3.63) is 102 Å². The first-order valence-corrected chi connectivity index (χ1v) is 12.9. The average molecular weight is 501 g/mol. The molecule has 3 aromatic carbocycles. The third-order valence-electron chi connectivity index (χ3n) is 6.63. The van der Waals surface area contributed by atoms with Crippen LogP contribution in [0.4, 0.5) is 5.69 Å². The van der Waals surface area contributed by atoms with E-state index in [1.165, 1.54) is 0 Å². The lowest BCUT2D eigenvalue weighted by atomic mass is 10.0. The van der Waals surface area contributed by atoms with E-state index in [1.54, 1.807) is 0 Å². The molecule has 1 saturated heterocycles. The fourth-order valence-electron chi connectivity index (χ4n) is 4.52. The van der Waals surface area contributed by atoms with Crippen molar-refractivity contribution in [1.82, 2.24) is 10.6 Å². The van der Waals surface area contributed by atoms with E-state index >= 15 is 0 Å². The Bertz CT molecular complexity index is 1130. The highest BCUT2D eigenvalue weighted by Gasteiger charge is 2.22. The Balaban J connectivity index is 1.22. The number of aryl methyl sites for hydroxylation is 1. The van der Waals surface area contributed by atoms with Crippen LogP contribution in [0.3, 0.4) is 0 Å². The van der Waals surface area contributed by atoms with Gasteiger partial charge in [0.25, 0.3) is 0 Å². The number of carbonyl (C=O) groups excluding carboxylic acids is 2. The summed E-state index contributed by atoms with van der Waals surface area (Å²) < 4.78 is 6.09. The van der Waals surface area contributed by atoms with Crippen LogP contribution in [0.2, 0.25) is 0 Å². The van der Waals surface area contributed by atoms with Gasteiger partial charge in [0, 0.05) is 31.2 Å². The minimum Gasteiger partial charge on any atom is -0.375 e. The summed E-state index contributed by atoms with van der Waals surface area (Å²) in [5.74, 6) is -0.360. The summed E-state index contributed by atoms with van der Waals surface area (Å²) >= 11 is 0. The fraction of sp³-hybridized carbons (Fsp3) is 0.333. The van der Waals surface area contributed by atoms with Gasteiger partial charge in [0.05, 0.1) is 19.1 Å². The maximum atomic E-state index is 12.2. The molecule has 0 unspecified atom stereocenters. The number of anilines is 1. The maximum Gasteiger partial charge on any atom is 0.240 e. The lowest BCUT2D eigenvalue weighted by Gasteiger charge is -2.31. The number of benzene rings is 3. The molecule has 5 N–H and O–H groups in total. The molecule has 0 radical (unpaired) electrons. The topological polar surface area (TPSA) is 105 Å². The standard InChI is InChI=1S/C30H36N4O3/c31-30(36)28(17-22-9-3-1-4-10-22)34-27-14-8-7-13-24(27)15-16-26-20-32-25(21-37-26)19-33-29(35)18-23-11-5-2-6-12-23/h1-14,25-26,28,32,34H,15-21H2,(H2,31,36)(H,33,35)/t25-,26-,28+/m1/s1. The second kappa shape index (κ2) is 13.6. The summed E-state index contributed by atoms with van der Waals surface area (Å²) in [6, 6.07) is 27.2. The van der Waals surface area contributed by atoms with Crippen molar-refractivity contribution in [1.29, 1.82) is 0 Å². The van der Waals surface area contributed by atoms with Crippen LogP contribution in [0.15, 0.2) is 84.9 Å². The molecule has 0 aromatic heterocycles. The third kappa shape index (κ3) is 8.44. The van der Waals surface area contributed by atoms with E-state index in [2.05, 4.69) is 22.0 Å². The summed E-state index contributed by atoms with van der Waals surface area (Å²) in [5.41, 5.74) is 9.82. The van der Waals surface area contributed by atoms with E-state index in [9.17, 15) is 9.59 Å². The largest absolute Gasteiger partial charge is 0.375 e. The maximum absolute atomic E-state index is 12.2. The van der Waals surface area contributed by atoms with Crippen LogP contribution in [0.25, 0.3) is 0 Å². The lowest BCUT2D eigenvalue weighted by molar-refractivity contribution is -0.121. The average Bonchev–Trinajstić information content (AvgIpc) is 2.93. The highest BCUT2D eigenvalue weighted by Crippen LogP contribution is 2.21. The Morgan fingerprint density at radius 1 is 0.946 bits per heavy atom. The van der Waals surface area contributed by atoms with Crippen molar-refractivity contribution in [2.45, 2.75) is 43.9 Å². The van der Waals surface area contributed by atoms with Gasteiger partial charge in [-0.1, -0.05) is 78.9 Å². The van der Waals surface area contributed by atoms with Gasteiger partial charge >= 0.3 is 0 Å². The Labute approximate surface area is 218 Å². The number of morpholine rings is 1. The Kier molecular flexibility index (Phi) is 9.68. The first kappa shape index (κ1) is 26.4. The number of ether oxygens (including phenoxy) is 1. The number of rotatable bonds is 12. The highest BCUT2D eigenvalue weighted by atomic mass is 16.5. The molecule has 2 amide bonds. The number of amides is 2. The van der Waals surface area contributed by atoms with Crippen LogP contribution >= 0.6 is 0 Å². The number of primary amides is 1. The molecule has 194 valence electrons. The molecule has 0 spiro atoms. The van der Waals surface area contributed by atoms with Crippen LogP contribution in [-0.2, 0) is 33.6 Å². The molecule has 3 aromatic rings. The van der Waals surface area contributed by atoms with Crippen molar-refractivity contribution >= 4 is 17.5 Å². The quantitative estimate of drug-likeness (QED) is 0.306. The number of carbonyl (C=O) groups is 2. The van der Waals surface area contributed by atoms with Crippen molar-refractivity contribution < 1.29 is 14.3 Å². The Morgan fingerprint density at radius 3 is 2.30 bits per heavy atom. The van der Waals surface area contributed by atoms with E-state index in [4.69, 9.17) is 10.5 Å². The zero-order valence-corrected chi connectivity index (χ0v) is 21.1. The number of nitrogens with two attached hydrogens (primary N) is 1. The minimum atomic E-state index is -0.492. The molecule has 1 heterocycles. The fourth-order valence-corrected chi connectivity index (χ4v) is 4.52. The summed E-state index contributed by atoms with van der Waals surface area (Å²) in [7, 11) is 0. The molecule has 4 rings (SSSR count). The summed E-state index contributed by atoms with van der Waals surface area (Å²) in [6.45, 7) is 1.82. The molecule has 37 heavy (non-hydrogen) atoms. The summed E-state index contributed by atoms with van der Waals surface area (Å²) in [4.78, 5) is 24.4. The SMILES string of the molecule is NC(=O)[C@H](Cc1ccccc1)Nc1ccccc1CC[C@@H]1CN[C@H](CNC(=O)Cc2ccccc2)CO1. The zero-order chi connectivity index (χ0) is 25.9. The van der Waals surface area contributed by atoms with Crippen LogP contribution < -0.4 is 21.7 Å². The predicted molar refractivity (Wildman–Crippen MR) is 146 cm³/mol. The molecule has 1 aliphatic heterocycles. The lowest BCUT2D eigenvalue weighted by Crippen LogP contribution is -2.51. The predicted octanol–water partition coefficient (Wildman–Crippen LogP) is 2.84. The van der Waals surface area contributed by atoms with Crippen LogP contribution in [0.1, 0.15) is 23.1 Å². The Morgan fingerprint density at radius 2 is 1.62 bits per heavy atom. The van der Waals surface area contributed by atoms with Crippen molar-refractivity contribution in [3.63, 3.8) is 0 Å². The first-order valence-electron chi connectivity index (χ1n) is 12.9. The molecular formula is C30H36N4O3. The van der Waals surface area contributed by atoms with Gasteiger partial charge in [-0.25, -0.2) is 0 Å². The van der Waals surface area contributed by atoms with Crippen molar-refractivity contribution in [2.75, 3.05) is 25.0 Å². The van der Waals surface area contributed by atoms with E-state index in [0.29, 0.717) is 26.0 Å². The van der Waals surface area contributed by atoms with Gasteiger partial charge in [0.2, 0.25) is 11.8 Å². The molecule has 0 saturated carbocycles. The number of para-hydroxylation sites is 1. The van der Waals surface area contributed by atoms with Crippen molar-refractivity contribution in [2.24, 2.45) is 5.73 Å². The highest BCUT2D eigenvalue weighted by molar-refractivity contribution is 5.83. The van der Waals surface area contributed by atoms with Gasteiger partial charge in [0.1, 0.15) is 6.04 Å². The molecule has 0 bridgehead atoms. The molecular weight excluding hydrogens is 464 g/mol. The van der Waals surface area contributed by atoms with Gasteiger partial charge < -0.3 is 26.4 Å². The Hall–Kier alpha value is -3.68. The second-order valence-corrected chi connectivity index (χ2v) is 9.51. The normalized spacial score (nSPS) is 18.1. The van der Waals surface area contributed by atoms with Crippen molar-refractivity contribution in [3.8, 4) is 0 Å². The molecule has 1 fully saturated rings. The smallest absolute Gasteiger partial charge is 0.240 e. The van der Waals surface area contributed by atoms with Crippen LogP contribution in [0, 0.1) is 0 Å². The van der Waals surface area contributed by atoms with Gasteiger partial charge in [0.15, 0.2) is 0 Å². The van der Waals surface area contributed by atoms with Gasteiger partial charge in [-0.05, 0) is 35.6 Å². The number of nitrogens with one attached hydrogen (secondary N) is 3. The summed E-state index contributed by atoms with van der Waals surface area (Å²) in [6.07, 6.45) is 2.65.